The molecule has 1 aromatic heterocycles. The van der Waals surface area contributed by atoms with E-state index in [2.05, 4.69) is 26.0 Å². The molecule has 0 amide bonds. The van der Waals surface area contributed by atoms with Crippen molar-refractivity contribution in [1.29, 1.82) is 0 Å². The maximum absolute atomic E-state index is 8.91. The zero-order valence-electron chi connectivity index (χ0n) is 17.5. The molecule has 0 saturated heterocycles. The van der Waals surface area contributed by atoms with Crippen LogP contribution in [0, 0.1) is 6.92 Å². The number of aliphatic hydroxyl groups is 1. The van der Waals surface area contributed by atoms with Crippen molar-refractivity contribution >= 4 is 23.2 Å². The average Bonchev–Trinajstić information content (AvgIpc) is 3.11. The highest BCUT2D eigenvalue weighted by Gasteiger charge is 2.19. The number of oxazole rings is 1. The molecule has 2 aromatic carbocycles. The Hall–Kier alpha value is -2.01. The molecule has 30 heavy (non-hydrogen) atoms. The quantitative estimate of drug-likeness (QED) is 0.399. The van der Waals surface area contributed by atoms with E-state index in [4.69, 9.17) is 42.4 Å². The van der Waals surface area contributed by atoms with Crippen molar-refractivity contribution in [2.24, 2.45) is 0 Å². The molecule has 0 aliphatic carbocycles. The minimum Gasteiger partial charge on any atom is -0.491 e. The molecule has 0 unspecified atom stereocenters. The van der Waals surface area contributed by atoms with Crippen molar-refractivity contribution in [2.45, 2.75) is 46.0 Å². The van der Waals surface area contributed by atoms with Gasteiger partial charge < -0.3 is 14.3 Å². The van der Waals surface area contributed by atoms with Crippen molar-refractivity contribution < 1.29 is 14.3 Å². The van der Waals surface area contributed by atoms with Crippen LogP contribution in [0.1, 0.15) is 48.8 Å². The van der Waals surface area contributed by atoms with Gasteiger partial charge >= 0.3 is 0 Å². The monoisotopic (exact) mass is 447 g/mol. The Morgan fingerprint density at radius 3 is 2.57 bits per heavy atom. The fourth-order valence-corrected chi connectivity index (χ4v) is 3.91. The SMILES string of the molecule is Cc1cc(CCCc2nc(-c3ccc(Cl)cc3Cl)oc2C(C)C)ccc1OCCO. The Bertz CT molecular complexity index is 998. The highest BCUT2D eigenvalue weighted by molar-refractivity contribution is 6.36. The summed E-state index contributed by atoms with van der Waals surface area (Å²) < 4.78 is 11.6. The molecule has 160 valence electrons. The lowest BCUT2D eigenvalue weighted by Gasteiger charge is -2.10. The molecule has 0 fully saturated rings. The van der Waals surface area contributed by atoms with E-state index in [0.29, 0.717) is 22.5 Å². The van der Waals surface area contributed by atoms with E-state index in [0.717, 1.165) is 47.6 Å². The number of aromatic nitrogens is 1. The summed E-state index contributed by atoms with van der Waals surface area (Å²) in [5, 5.41) is 10.0. The molecule has 0 radical (unpaired) electrons. The van der Waals surface area contributed by atoms with E-state index < -0.39 is 0 Å². The molecular formula is C24H27Cl2NO3. The van der Waals surface area contributed by atoms with Crippen LogP contribution in [-0.2, 0) is 12.8 Å². The second-order valence-electron chi connectivity index (χ2n) is 7.63. The number of aliphatic hydroxyl groups excluding tert-OH is 1. The Labute approximate surface area is 187 Å². The van der Waals surface area contributed by atoms with Crippen molar-refractivity contribution in [3.63, 3.8) is 0 Å². The third-order valence-electron chi connectivity index (χ3n) is 4.88. The summed E-state index contributed by atoms with van der Waals surface area (Å²) in [5.74, 6) is 2.49. The molecule has 4 nitrogen and oxygen atoms in total. The van der Waals surface area contributed by atoms with Gasteiger partial charge in [0.1, 0.15) is 18.1 Å². The van der Waals surface area contributed by atoms with E-state index in [-0.39, 0.29) is 12.5 Å². The van der Waals surface area contributed by atoms with Crippen molar-refractivity contribution in [1.82, 2.24) is 4.98 Å². The summed E-state index contributed by atoms with van der Waals surface area (Å²) in [6.45, 7) is 6.55. The number of hydrogen-bond donors (Lipinski definition) is 1. The normalized spacial score (nSPS) is 11.3. The molecule has 6 heteroatoms. The Morgan fingerprint density at radius 1 is 1.10 bits per heavy atom. The molecular weight excluding hydrogens is 421 g/mol. The summed E-state index contributed by atoms with van der Waals surface area (Å²) in [7, 11) is 0. The lowest BCUT2D eigenvalue weighted by atomic mass is 10.0. The van der Waals surface area contributed by atoms with Gasteiger partial charge in [-0.1, -0.05) is 49.2 Å². The number of benzene rings is 2. The summed E-state index contributed by atoms with van der Waals surface area (Å²) in [6.07, 6.45) is 2.71. The van der Waals surface area contributed by atoms with Gasteiger partial charge in [0, 0.05) is 10.9 Å². The van der Waals surface area contributed by atoms with Crippen LogP contribution in [0.15, 0.2) is 40.8 Å². The fourth-order valence-electron chi connectivity index (χ4n) is 3.42. The van der Waals surface area contributed by atoms with Crippen LogP contribution in [0.4, 0.5) is 0 Å². The van der Waals surface area contributed by atoms with Crippen molar-refractivity contribution in [3.8, 4) is 17.2 Å². The predicted octanol–water partition coefficient (Wildman–Crippen LogP) is 6.63. The summed E-state index contributed by atoms with van der Waals surface area (Å²) in [5.41, 5.74) is 4.05. The van der Waals surface area contributed by atoms with Crippen molar-refractivity contribution in [3.05, 3.63) is 69.0 Å². The molecule has 1 heterocycles. The van der Waals surface area contributed by atoms with Crippen LogP contribution in [0.25, 0.3) is 11.5 Å². The largest absolute Gasteiger partial charge is 0.491 e. The Balaban J connectivity index is 1.70. The zero-order chi connectivity index (χ0) is 21.7. The molecule has 0 atom stereocenters. The minimum atomic E-state index is 0.0142. The van der Waals surface area contributed by atoms with Crippen LogP contribution in [0.3, 0.4) is 0 Å². The molecule has 0 spiro atoms. The van der Waals surface area contributed by atoms with Gasteiger partial charge in [0.2, 0.25) is 5.89 Å². The highest BCUT2D eigenvalue weighted by Crippen LogP contribution is 2.33. The zero-order valence-corrected chi connectivity index (χ0v) is 19.1. The molecule has 1 N–H and O–H groups in total. The maximum Gasteiger partial charge on any atom is 0.228 e. The van der Waals surface area contributed by atoms with Gasteiger partial charge in [-0.05, 0) is 61.6 Å². The first-order chi connectivity index (χ1) is 14.4. The van der Waals surface area contributed by atoms with Crippen LogP contribution in [-0.4, -0.2) is 23.3 Å². The molecule has 0 aliphatic rings. The standard InChI is InChI=1S/C24H27Cl2NO3/c1-15(2)23-21(27-24(30-23)19-9-8-18(25)14-20(19)26)6-4-5-17-7-10-22(16(3)13-17)29-12-11-28/h7-10,13-15,28H,4-6,11-12H2,1-3H3. The fraction of sp³-hybridized carbons (Fsp3) is 0.375. The molecule has 0 aliphatic heterocycles. The van der Waals surface area contributed by atoms with Gasteiger partial charge in [0.15, 0.2) is 0 Å². The van der Waals surface area contributed by atoms with E-state index in [1.807, 2.05) is 19.1 Å². The highest BCUT2D eigenvalue weighted by atomic mass is 35.5. The van der Waals surface area contributed by atoms with E-state index in [9.17, 15) is 0 Å². The summed E-state index contributed by atoms with van der Waals surface area (Å²) in [6, 6.07) is 11.5. The van der Waals surface area contributed by atoms with Crippen LogP contribution in [0.2, 0.25) is 10.0 Å². The van der Waals surface area contributed by atoms with Gasteiger partial charge in [-0.15, -0.1) is 0 Å². The smallest absolute Gasteiger partial charge is 0.228 e. The van der Waals surface area contributed by atoms with Gasteiger partial charge in [-0.25, -0.2) is 4.98 Å². The lowest BCUT2D eigenvalue weighted by molar-refractivity contribution is 0.200. The van der Waals surface area contributed by atoms with Gasteiger partial charge in [0.25, 0.3) is 0 Å². The van der Waals surface area contributed by atoms with E-state index in [1.165, 1.54) is 5.56 Å². The van der Waals surface area contributed by atoms with Crippen LogP contribution < -0.4 is 4.74 Å². The van der Waals surface area contributed by atoms with E-state index >= 15 is 0 Å². The lowest BCUT2D eigenvalue weighted by Crippen LogP contribution is -2.03. The Morgan fingerprint density at radius 2 is 1.90 bits per heavy atom. The maximum atomic E-state index is 8.91. The topological polar surface area (TPSA) is 55.5 Å². The first kappa shape index (κ1) is 22.7. The average molecular weight is 448 g/mol. The van der Waals surface area contributed by atoms with Gasteiger partial charge in [0.05, 0.1) is 22.9 Å². The first-order valence-corrected chi connectivity index (χ1v) is 10.9. The number of rotatable bonds is 9. The van der Waals surface area contributed by atoms with Gasteiger partial charge in [-0.2, -0.15) is 0 Å². The summed E-state index contributed by atoms with van der Waals surface area (Å²) in [4.78, 5) is 4.75. The minimum absolute atomic E-state index is 0.0142. The number of aryl methyl sites for hydroxylation is 3. The third kappa shape index (κ3) is 5.57. The molecule has 3 rings (SSSR count). The number of ether oxygens (including phenoxy) is 1. The number of nitrogens with zero attached hydrogens (tertiary/aromatic N) is 1. The molecule has 3 aromatic rings. The van der Waals surface area contributed by atoms with Gasteiger partial charge in [-0.3, -0.25) is 0 Å². The number of halogens is 2. The molecule has 0 bridgehead atoms. The van der Waals surface area contributed by atoms with Crippen LogP contribution >= 0.6 is 23.2 Å². The number of hydrogen-bond acceptors (Lipinski definition) is 4. The Kier molecular flexibility index (Phi) is 7.81. The third-order valence-corrected chi connectivity index (χ3v) is 5.43. The van der Waals surface area contributed by atoms with E-state index in [1.54, 1.807) is 12.1 Å². The second-order valence-corrected chi connectivity index (χ2v) is 8.48. The predicted molar refractivity (Wildman–Crippen MR) is 122 cm³/mol. The first-order valence-electron chi connectivity index (χ1n) is 10.2. The van der Waals surface area contributed by atoms with Crippen molar-refractivity contribution in [2.75, 3.05) is 13.2 Å². The molecule has 0 saturated carbocycles. The van der Waals surface area contributed by atoms with Crippen LogP contribution in [0.5, 0.6) is 5.75 Å². The second kappa shape index (κ2) is 10.3. The summed E-state index contributed by atoms with van der Waals surface area (Å²) >= 11 is 12.3.